The van der Waals surface area contributed by atoms with Crippen molar-refractivity contribution in [3.63, 3.8) is 0 Å². The minimum Gasteiger partial charge on any atom is -0.462 e. The first-order chi connectivity index (χ1) is 46.4. The van der Waals surface area contributed by atoms with Crippen LogP contribution in [0.3, 0.4) is 0 Å². The van der Waals surface area contributed by atoms with Crippen molar-refractivity contribution < 1.29 is 80.2 Å². The van der Waals surface area contributed by atoms with E-state index in [1.54, 1.807) is 0 Å². The SMILES string of the molecule is CCCCCCCCCCCCCCCCCCCCCCC(=O)O[C@H](COC(=O)CCCCCCCCCCCCC(C)CC)COP(=O)(O)OC[C@@H](O)COP(=O)(O)OC[C@@H](COC(=O)CCCCCCCCC(C)C)OC(=O)CCCCCCCCCCCCCCC. The fourth-order valence-corrected chi connectivity index (χ4v) is 13.4. The number of phosphoric acid groups is 2. The van der Waals surface area contributed by atoms with E-state index in [2.05, 4.69) is 41.5 Å². The van der Waals surface area contributed by atoms with Crippen LogP contribution < -0.4 is 0 Å². The summed E-state index contributed by atoms with van der Waals surface area (Å²) in [6.45, 7) is 9.55. The number of esters is 4. The Morgan fingerprint density at radius 3 is 0.792 bits per heavy atom. The van der Waals surface area contributed by atoms with Gasteiger partial charge in [-0.1, -0.05) is 350 Å². The molecule has 0 aromatic carbocycles. The molecule has 0 aromatic heterocycles. The average Bonchev–Trinajstić information content (AvgIpc) is 1.11. The predicted molar refractivity (Wildman–Crippen MR) is 391 cm³/mol. The van der Waals surface area contributed by atoms with E-state index in [1.807, 2.05) is 0 Å². The molecule has 17 nitrogen and oxygen atoms in total. The highest BCUT2D eigenvalue weighted by Crippen LogP contribution is 2.45. The van der Waals surface area contributed by atoms with Gasteiger partial charge in [0.15, 0.2) is 12.2 Å². The molecule has 0 rings (SSSR count). The third kappa shape index (κ3) is 69.2. The van der Waals surface area contributed by atoms with Crippen LogP contribution in [0.25, 0.3) is 0 Å². The second-order valence-corrected chi connectivity index (χ2v) is 31.4. The average molecular weight is 1410 g/mol. The number of carbonyl (C=O) groups excluding carboxylic acids is 4. The molecule has 19 heteroatoms. The number of carbonyl (C=O) groups is 4. The van der Waals surface area contributed by atoms with Crippen LogP contribution >= 0.6 is 15.6 Å². The van der Waals surface area contributed by atoms with Gasteiger partial charge in [0.1, 0.15) is 19.3 Å². The van der Waals surface area contributed by atoms with Crippen LogP contribution in [0.5, 0.6) is 0 Å². The van der Waals surface area contributed by atoms with E-state index in [0.29, 0.717) is 31.6 Å². The van der Waals surface area contributed by atoms with E-state index < -0.39 is 97.5 Å². The maximum atomic E-state index is 13.1. The first kappa shape index (κ1) is 94.1. The van der Waals surface area contributed by atoms with Gasteiger partial charge in [-0.05, 0) is 37.5 Å². The number of aliphatic hydroxyl groups excluding tert-OH is 1. The summed E-state index contributed by atoms with van der Waals surface area (Å²) in [5.74, 6) is -0.627. The van der Waals surface area contributed by atoms with Crippen molar-refractivity contribution in [1.29, 1.82) is 0 Å². The lowest BCUT2D eigenvalue weighted by Crippen LogP contribution is -2.30. The lowest BCUT2D eigenvalue weighted by molar-refractivity contribution is -0.161. The van der Waals surface area contributed by atoms with E-state index >= 15 is 0 Å². The van der Waals surface area contributed by atoms with Crippen molar-refractivity contribution in [2.75, 3.05) is 39.6 Å². The van der Waals surface area contributed by atoms with Gasteiger partial charge in [-0.2, -0.15) is 0 Å². The van der Waals surface area contributed by atoms with Crippen LogP contribution in [-0.4, -0.2) is 96.7 Å². The van der Waals surface area contributed by atoms with Crippen molar-refractivity contribution in [3.05, 3.63) is 0 Å². The Bertz CT molecular complexity index is 1860. The number of hydrogen-bond donors (Lipinski definition) is 3. The van der Waals surface area contributed by atoms with Crippen LogP contribution in [0, 0.1) is 11.8 Å². The number of hydrogen-bond acceptors (Lipinski definition) is 15. The molecule has 0 aromatic rings. The zero-order valence-corrected chi connectivity index (χ0v) is 64.5. The van der Waals surface area contributed by atoms with Crippen LogP contribution in [0.4, 0.5) is 0 Å². The molecule has 0 bridgehead atoms. The van der Waals surface area contributed by atoms with Gasteiger partial charge in [-0.15, -0.1) is 0 Å². The standard InChI is InChI=1S/C77H150O17P2/c1-7-10-12-14-16-18-20-22-23-24-25-26-27-28-30-32-38-42-50-56-62-76(81)93-72(65-87-74(79)59-53-47-40-36-34-33-35-39-46-52-58-70(6)9-3)67-91-95(83,84)89-63-71(78)64-90-96(85,86)92-68-73(66-88-75(80)60-54-48-44-43-45-51-57-69(4)5)94-77(82)61-55-49-41-37-31-29-21-19-17-15-13-11-8-2/h69-73,78H,7-68H2,1-6H3,(H,83,84)(H,85,86)/t70?,71-,72-,73-/m1/s1. The maximum absolute atomic E-state index is 13.1. The summed E-state index contributed by atoms with van der Waals surface area (Å²) < 4.78 is 68.5. The fourth-order valence-electron chi connectivity index (χ4n) is 11.8. The molecule has 3 unspecified atom stereocenters. The third-order valence-electron chi connectivity index (χ3n) is 18.3. The third-order valence-corrected chi connectivity index (χ3v) is 20.2. The fraction of sp³-hybridized carbons (Fsp3) is 0.948. The summed E-state index contributed by atoms with van der Waals surface area (Å²) in [6, 6.07) is 0. The minimum absolute atomic E-state index is 0.107. The maximum Gasteiger partial charge on any atom is 0.472 e. The van der Waals surface area contributed by atoms with Gasteiger partial charge in [-0.3, -0.25) is 37.3 Å². The number of unbranched alkanes of at least 4 members (excludes halogenated alkanes) is 45. The Kier molecular flexibility index (Phi) is 67.4. The second-order valence-electron chi connectivity index (χ2n) is 28.5. The van der Waals surface area contributed by atoms with Crippen LogP contribution in [0.15, 0.2) is 0 Å². The lowest BCUT2D eigenvalue weighted by Gasteiger charge is -2.21. The monoisotopic (exact) mass is 1410 g/mol. The molecule has 3 N–H and O–H groups in total. The van der Waals surface area contributed by atoms with E-state index in [9.17, 15) is 43.2 Å². The lowest BCUT2D eigenvalue weighted by atomic mass is 9.99. The van der Waals surface area contributed by atoms with E-state index in [1.165, 1.54) is 212 Å². The molecule has 0 aliphatic rings. The molecule has 0 saturated heterocycles. The van der Waals surface area contributed by atoms with E-state index in [-0.39, 0.29) is 25.7 Å². The molecule has 0 saturated carbocycles. The molecule has 6 atom stereocenters. The van der Waals surface area contributed by atoms with Gasteiger partial charge in [0.05, 0.1) is 26.4 Å². The number of ether oxygens (including phenoxy) is 4. The Balaban J connectivity index is 5.21. The molecule has 0 aliphatic carbocycles. The molecule has 0 radical (unpaired) electrons. The Labute approximate surface area is 588 Å². The van der Waals surface area contributed by atoms with Crippen molar-refractivity contribution in [2.45, 2.75) is 419 Å². The van der Waals surface area contributed by atoms with Crippen molar-refractivity contribution >= 4 is 39.5 Å². The molecular weight excluding hydrogens is 1260 g/mol. The van der Waals surface area contributed by atoms with Gasteiger partial charge in [0.25, 0.3) is 0 Å². The highest BCUT2D eigenvalue weighted by molar-refractivity contribution is 7.47. The van der Waals surface area contributed by atoms with Gasteiger partial charge < -0.3 is 33.8 Å². The minimum atomic E-state index is -4.96. The summed E-state index contributed by atoms with van der Waals surface area (Å²) in [6.07, 6.45) is 57.0. The Morgan fingerprint density at radius 1 is 0.302 bits per heavy atom. The van der Waals surface area contributed by atoms with Crippen molar-refractivity contribution in [3.8, 4) is 0 Å². The summed E-state index contributed by atoms with van der Waals surface area (Å²) >= 11 is 0. The van der Waals surface area contributed by atoms with Crippen molar-refractivity contribution in [2.24, 2.45) is 11.8 Å². The first-order valence-corrected chi connectivity index (χ1v) is 43.0. The largest absolute Gasteiger partial charge is 0.472 e. The van der Waals surface area contributed by atoms with Crippen LogP contribution in [-0.2, 0) is 65.4 Å². The molecule has 0 spiro atoms. The predicted octanol–water partition coefficient (Wildman–Crippen LogP) is 22.7. The first-order valence-electron chi connectivity index (χ1n) is 40.0. The molecule has 0 aliphatic heterocycles. The van der Waals surface area contributed by atoms with Crippen LogP contribution in [0.1, 0.15) is 401 Å². The molecular formula is C77H150O17P2. The van der Waals surface area contributed by atoms with Gasteiger partial charge in [0, 0.05) is 25.7 Å². The summed E-state index contributed by atoms with van der Waals surface area (Å²) in [5, 5.41) is 10.6. The van der Waals surface area contributed by atoms with E-state index in [4.69, 9.17) is 37.0 Å². The van der Waals surface area contributed by atoms with Crippen molar-refractivity contribution in [1.82, 2.24) is 0 Å². The van der Waals surface area contributed by atoms with E-state index in [0.717, 1.165) is 102 Å². The van der Waals surface area contributed by atoms with Crippen LogP contribution in [0.2, 0.25) is 0 Å². The molecule has 0 fully saturated rings. The second kappa shape index (κ2) is 68.8. The number of phosphoric ester groups is 2. The Morgan fingerprint density at radius 2 is 0.531 bits per heavy atom. The highest BCUT2D eigenvalue weighted by Gasteiger charge is 2.30. The quantitative estimate of drug-likeness (QED) is 0.0222. The molecule has 0 heterocycles. The zero-order chi connectivity index (χ0) is 70.7. The normalized spacial score (nSPS) is 14.3. The number of aliphatic hydroxyl groups is 1. The smallest absolute Gasteiger partial charge is 0.462 e. The molecule has 0 amide bonds. The summed E-state index contributed by atoms with van der Waals surface area (Å²) in [5.41, 5.74) is 0. The summed E-state index contributed by atoms with van der Waals surface area (Å²) in [7, 11) is -9.91. The molecule has 570 valence electrons. The zero-order valence-electron chi connectivity index (χ0n) is 62.7. The van der Waals surface area contributed by atoms with Gasteiger partial charge in [-0.25, -0.2) is 9.13 Å². The highest BCUT2D eigenvalue weighted by atomic mass is 31.2. The van der Waals surface area contributed by atoms with Gasteiger partial charge in [0.2, 0.25) is 0 Å². The summed E-state index contributed by atoms with van der Waals surface area (Å²) in [4.78, 5) is 72.8. The number of rotatable bonds is 76. The molecule has 96 heavy (non-hydrogen) atoms. The Hall–Kier alpha value is -1.94. The van der Waals surface area contributed by atoms with Gasteiger partial charge >= 0.3 is 39.5 Å². The topological polar surface area (TPSA) is 237 Å².